The zero-order valence-electron chi connectivity index (χ0n) is 17.8. The molecule has 0 amide bonds. The minimum atomic E-state index is -0.357. The lowest BCUT2D eigenvalue weighted by Gasteiger charge is -2.56. The van der Waals surface area contributed by atoms with Gasteiger partial charge in [-0.05, 0) is 67.3 Å². The topological polar surface area (TPSA) is 35.9 Å². The highest BCUT2D eigenvalue weighted by Crippen LogP contribution is 2.60. The third kappa shape index (κ3) is 4.87. The van der Waals surface area contributed by atoms with Crippen LogP contribution in [0.25, 0.3) is 0 Å². The predicted octanol–water partition coefficient (Wildman–Crippen LogP) is 3.40. The monoisotopic (exact) mass is 398 g/mol. The number of rotatable bonds is 8. The molecule has 1 aliphatic heterocycles. The van der Waals surface area contributed by atoms with Gasteiger partial charge in [0.15, 0.2) is 0 Å². The summed E-state index contributed by atoms with van der Waals surface area (Å²) in [5.41, 5.74) is 1.84. The van der Waals surface area contributed by atoms with Crippen molar-refractivity contribution in [3.63, 3.8) is 0 Å². The molecule has 1 unspecified atom stereocenters. The normalized spacial score (nSPS) is 35.8. The van der Waals surface area contributed by atoms with Crippen molar-refractivity contribution in [3.05, 3.63) is 35.9 Å². The quantitative estimate of drug-likeness (QED) is 0.728. The second-order valence-electron chi connectivity index (χ2n) is 10.6. The van der Waals surface area contributed by atoms with Gasteiger partial charge in [0, 0.05) is 39.3 Å². The van der Waals surface area contributed by atoms with Crippen LogP contribution in [-0.4, -0.2) is 66.9 Å². The van der Waals surface area contributed by atoms with Crippen LogP contribution in [0.3, 0.4) is 0 Å². The van der Waals surface area contributed by atoms with Gasteiger partial charge < -0.3 is 9.84 Å². The van der Waals surface area contributed by atoms with Gasteiger partial charge in [0.25, 0.3) is 0 Å². The van der Waals surface area contributed by atoms with Gasteiger partial charge >= 0.3 is 0 Å². The van der Waals surface area contributed by atoms with Crippen LogP contribution in [0.5, 0.6) is 0 Å². The van der Waals surface area contributed by atoms with Crippen LogP contribution in [0.4, 0.5) is 0 Å². The highest BCUT2D eigenvalue weighted by molar-refractivity contribution is 5.14. The third-order valence-corrected chi connectivity index (χ3v) is 8.07. The first kappa shape index (κ1) is 20.0. The van der Waals surface area contributed by atoms with E-state index in [0.717, 1.165) is 63.6 Å². The SMILES string of the molecule is OC(COCC12CC3CC(CC(C3)C1)C2)CN1CCN(Cc2ccccc2)CC1. The Bertz CT molecular complexity index is 621. The molecule has 6 rings (SSSR count). The fraction of sp³-hybridized carbons (Fsp3) is 0.760. The molecule has 4 nitrogen and oxygen atoms in total. The molecule has 5 aliphatic rings. The first-order chi connectivity index (χ1) is 14.2. The molecule has 4 aliphatic carbocycles. The van der Waals surface area contributed by atoms with Crippen LogP contribution in [-0.2, 0) is 11.3 Å². The summed E-state index contributed by atoms with van der Waals surface area (Å²) in [5.74, 6) is 2.92. The molecule has 4 bridgehead atoms. The molecule has 4 heteroatoms. The Hall–Kier alpha value is -0.940. The summed E-state index contributed by atoms with van der Waals surface area (Å²) in [6, 6.07) is 10.7. The lowest BCUT2D eigenvalue weighted by molar-refractivity contribution is -0.107. The van der Waals surface area contributed by atoms with Gasteiger partial charge in [-0.25, -0.2) is 0 Å². The van der Waals surface area contributed by atoms with Crippen molar-refractivity contribution in [2.45, 2.75) is 51.2 Å². The molecular weight excluding hydrogens is 360 g/mol. The molecule has 1 N–H and O–H groups in total. The highest BCUT2D eigenvalue weighted by Gasteiger charge is 2.50. The Morgan fingerprint density at radius 2 is 1.48 bits per heavy atom. The van der Waals surface area contributed by atoms with Crippen LogP contribution in [0.1, 0.15) is 44.1 Å². The van der Waals surface area contributed by atoms with E-state index in [1.165, 1.54) is 44.1 Å². The number of piperazine rings is 1. The highest BCUT2D eigenvalue weighted by atomic mass is 16.5. The molecule has 160 valence electrons. The van der Waals surface area contributed by atoms with E-state index in [4.69, 9.17) is 4.74 Å². The van der Waals surface area contributed by atoms with Gasteiger partial charge in [-0.15, -0.1) is 0 Å². The summed E-state index contributed by atoms with van der Waals surface area (Å²) in [6.07, 6.45) is 8.26. The first-order valence-corrected chi connectivity index (χ1v) is 11.9. The largest absolute Gasteiger partial charge is 0.389 e. The van der Waals surface area contributed by atoms with Crippen molar-refractivity contribution in [1.82, 2.24) is 9.80 Å². The number of aliphatic hydroxyl groups excluding tert-OH is 1. The minimum Gasteiger partial charge on any atom is -0.389 e. The second kappa shape index (κ2) is 8.66. The molecule has 5 fully saturated rings. The lowest BCUT2D eigenvalue weighted by atomic mass is 9.50. The maximum absolute atomic E-state index is 10.5. The summed E-state index contributed by atoms with van der Waals surface area (Å²) >= 11 is 0. The Morgan fingerprint density at radius 1 is 0.897 bits per heavy atom. The van der Waals surface area contributed by atoms with E-state index in [1.807, 2.05) is 0 Å². The third-order valence-electron chi connectivity index (χ3n) is 8.07. The lowest BCUT2D eigenvalue weighted by Crippen LogP contribution is -2.49. The predicted molar refractivity (Wildman–Crippen MR) is 116 cm³/mol. The molecule has 0 aromatic heterocycles. The standard InChI is InChI=1S/C25H38N2O2/c28-24(17-27-8-6-26(7-9-27)16-20-4-2-1-3-5-20)18-29-19-25-13-21-10-22(14-25)12-23(11-21)15-25/h1-5,21-24,28H,6-19H2. The first-order valence-electron chi connectivity index (χ1n) is 11.9. The Balaban J connectivity index is 1.01. The number of hydrogen-bond donors (Lipinski definition) is 1. The maximum Gasteiger partial charge on any atom is 0.0900 e. The van der Waals surface area contributed by atoms with Crippen molar-refractivity contribution < 1.29 is 9.84 Å². The van der Waals surface area contributed by atoms with Crippen molar-refractivity contribution in [2.75, 3.05) is 45.9 Å². The number of ether oxygens (including phenoxy) is 1. The Labute approximate surface area is 176 Å². The summed E-state index contributed by atoms with van der Waals surface area (Å²) in [7, 11) is 0. The molecular formula is C25H38N2O2. The summed E-state index contributed by atoms with van der Waals surface area (Å²) in [5, 5.41) is 10.5. The number of benzene rings is 1. The van der Waals surface area contributed by atoms with Crippen molar-refractivity contribution in [1.29, 1.82) is 0 Å². The molecule has 29 heavy (non-hydrogen) atoms. The van der Waals surface area contributed by atoms with E-state index in [9.17, 15) is 5.11 Å². The van der Waals surface area contributed by atoms with Gasteiger partial charge in [0.05, 0.1) is 19.3 Å². The van der Waals surface area contributed by atoms with Crippen LogP contribution in [0, 0.1) is 23.2 Å². The average molecular weight is 399 g/mol. The van der Waals surface area contributed by atoms with Gasteiger partial charge in [-0.2, -0.15) is 0 Å². The molecule has 1 atom stereocenters. The fourth-order valence-corrected chi connectivity index (χ4v) is 7.20. The van der Waals surface area contributed by atoms with Crippen LogP contribution >= 0.6 is 0 Å². The maximum atomic E-state index is 10.5. The van der Waals surface area contributed by atoms with Crippen molar-refractivity contribution in [2.24, 2.45) is 23.2 Å². The Kier molecular flexibility index (Phi) is 5.97. The summed E-state index contributed by atoms with van der Waals surface area (Å²) in [6.45, 7) is 7.42. The molecule has 0 spiro atoms. The van der Waals surface area contributed by atoms with Gasteiger partial charge in [0.2, 0.25) is 0 Å². The molecule has 1 saturated heterocycles. The fourth-order valence-electron chi connectivity index (χ4n) is 7.20. The van der Waals surface area contributed by atoms with Gasteiger partial charge in [0.1, 0.15) is 0 Å². The molecule has 4 saturated carbocycles. The summed E-state index contributed by atoms with van der Waals surface area (Å²) in [4.78, 5) is 4.92. The number of aliphatic hydroxyl groups is 1. The van der Waals surface area contributed by atoms with Crippen LogP contribution in [0.2, 0.25) is 0 Å². The summed E-state index contributed by atoms with van der Waals surface area (Å²) < 4.78 is 6.13. The van der Waals surface area contributed by atoms with E-state index in [-0.39, 0.29) is 6.10 Å². The minimum absolute atomic E-state index is 0.357. The van der Waals surface area contributed by atoms with E-state index in [0.29, 0.717) is 12.0 Å². The van der Waals surface area contributed by atoms with Crippen LogP contribution < -0.4 is 0 Å². The Morgan fingerprint density at radius 3 is 2.10 bits per heavy atom. The van der Waals surface area contributed by atoms with E-state index < -0.39 is 0 Å². The molecule has 1 heterocycles. The van der Waals surface area contributed by atoms with E-state index >= 15 is 0 Å². The zero-order chi connectivity index (χ0) is 19.7. The number of hydrogen-bond acceptors (Lipinski definition) is 4. The molecule has 1 aromatic carbocycles. The van der Waals surface area contributed by atoms with Crippen molar-refractivity contribution >= 4 is 0 Å². The average Bonchev–Trinajstić information content (AvgIpc) is 2.69. The van der Waals surface area contributed by atoms with E-state index in [1.54, 1.807) is 0 Å². The van der Waals surface area contributed by atoms with E-state index in [2.05, 4.69) is 40.1 Å². The molecule has 1 aromatic rings. The van der Waals surface area contributed by atoms with Gasteiger partial charge in [-0.3, -0.25) is 9.80 Å². The molecule has 0 radical (unpaired) electrons. The van der Waals surface area contributed by atoms with Crippen molar-refractivity contribution in [3.8, 4) is 0 Å². The second-order valence-corrected chi connectivity index (χ2v) is 10.6. The number of β-amino-alcohol motifs (C(OH)–C–C–N with tert-alkyl or cyclic N) is 1. The van der Waals surface area contributed by atoms with Crippen LogP contribution in [0.15, 0.2) is 30.3 Å². The number of nitrogens with zero attached hydrogens (tertiary/aromatic N) is 2. The smallest absolute Gasteiger partial charge is 0.0900 e. The van der Waals surface area contributed by atoms with Gasteiger partial charge in [-0.1, -0.05) is 30.3 Å². The zero-order valence-corrected chi connectivity index (χ0v) is 17.8.